The molecule has 1 saturated heterocycles. The van der Waals surface area contributed by atoms with Gasteiger partial charge < -0.3 is 20.1 Å². The zero-order chi connectivity index (χ0) is 24.3. The number of anilines is 1. The molecule has 0 bridgehead atoms. The smallest absolute Gasteiger partial charge is 0.247 e. The van der Waals surface area contributed by atoms with Gasteiger partial charge in [-0.2, -0.15) is 0 Å². The first kappa shape index (κ1) is 24.7. The summed E-state index contributed by atoms with van der Waals surface area (Å²) < 4.78 is 11.6. The van der Waals surface area contributed by atoms with Gasteiger partial charge in [-0.1, -0.05) is 26.0 Å². The first-order chi connectivity index (χ1) is 16.3. The van der Waals surface area contributed by atoms with Gasteiger partial charge in [0, 0.05) is 49.6 Å². The molecule has 6 nitrogen and oxygen atoms in total. The molecule has 2 heterocycles. The van der Waals surface area contributed by atoms with Gasteiger partial charge in [0.05, 0.1) is 11.8 Å². The van der Waals surface area contributed by atoms with Crippen LogP contribution >= 0.6 is 0 Å². The number of carbonyl (C=O) groups is 1. The van der Waals surface area contributed by atoms with Crippen LogP contribution in [0.15, 0.2) is 41.2 Å². The monoisotopic (exact) mass is 465 g/mol. The number of amides is 1. The zero-order valence-corrected chi connectivity index (χ0v) is 21.1. The summed E-state index contributed by atoms with van der Waals surface area (Å²) in [5, 5.41) is 6.33. The summed E-state index contributed by atoms with van der Waals surface area (Å²) in [6.07, 6.45) is 9.78. The van der Waals surface area contributed by atoms with E-state index in [1.807, 2.05) is 0 Å². The van der Waals surface area contributed by atoms with Crippen LogP contribution in [0.25, 0.3) is 5.57 Å². The topological polar surface area (TPSA) is 72.0 Å². The second kappa shape index (κ2) is 10.0. The highest BCUT2D eigenvalue weighted by atomic mass is 16.5. The number of nitrogens with zero attached hydrogens (tertiary/aromatic N) is 1. The predicted octanol–water partition coefficient (Wildman–Crippen LogP) is 5.21. The third-order valence-corrected chi connectivity index (χ3v) is 8.07. The first-order valence-corrected chi connectivity index (χ1v) is 12.5. The number of nitrogens with one attached hydrogen (secondary N) is 2. The van der Waals surface area contributed by atoms with Crippen molar-refractivity contribution in [3.8, 4) is 0 Å². The molecule has 1 aliphatic carbocycles. The van der Waals surface area contributed by atoms with E-state index in [2.05, 4.69) is 67.4 Å². The number of aliphatic imine (C=N–C) groups is 1. The van der Waals surface area contributed by atoms with E-state index < -0.39 is 0 Å². The predicted molar refractivity (Wildman–Crippen MR) is 138 cm³/mol. The minimum atomic E-state index is -0.331. The van der Waals surface area contributed by atoms with Crippen LogP contribution in [0.4, 0.5) is 5.69 Å². The number of hydrogen-bond acceptors (Lipinski definition) is 5. The van der Waals surface area contributed by atoms with Gasteiger partial charge in [0.1, 0.15) is 6.04 Å². The fourth-order valence-electron chi connectivity index (χ4n) is 5.46. The number of carbonyl (C=O) groups excluding carboxylic acids is 1. The van der Waals surface area contributed by atoms with Gasteiger partial charge in [-0.15, -0.1) is 0 Å². The van der Waals surface area contributed by atoms with Gasteiger partial charge in [0.15, 0.2) is 0 Å². The lowest BCUT2D eigenvalue weighted by Crippen LogP contribution is -2.44. The van der Waals surface area contributed by atoms with E-state index >= 15 is 0 Å². The number of allylic oxidation sites excluding steroid dienone is 2. The van der Waals surface area contributed by atoms with Gasteiger partial charge in [-0.3, -0.25) is 9.79 Å². The standard InChI is InChI=1S/C28H39N3O3/c1-19(33-5)28(12-14-34-15-13-28)21-6-7-24(31-26(32)25-17-22(29-4)18-30-25)23(16-21)20-8-10-27(2,3)11-9-20/h6-8,16,18-19,25,30H,4,9-15,17H2,1-3,5H3,(H,31,32)/t19?,25-/m0/s1. The van der Waals surface area contributed by atoms with Gasteiger partial charge in [0.2, 0.25) is 5.91 Å². The Kier molecular flexibility index (Phi) is 7.29. The Morgan fingerprint density at radius 3 is 2.68 bits per heavy atom. The normalized spacial score (nSPS) is 24.4. The summed E-state index contributed by atoms with van der Waals surface area (Å²) >= 11 is 0. The molecule has 1 aromatic carbocycles. The molecule has 34 heavy (non-hydrogen) atoms. The molecule has 1 fully saturated rings. The van der Waals surface area contributed by atoms with Crippen molar-refractivity contribution >= 4 is 23.9 Å². The van der Waals surface area contributed by atoms with Gasteiger partial charge >= 0.3 is 0 Å². The number of ether oxygens (including phenoxy) is 2. The second-order valence-electron chi connectivity index (χ2n) is 10.7. The summed E-state index contributed by atoms with van der Waals surface area (Å²) in [7, 11) is 1.79. The van der Waals surface area contributed by atoms with Gasteiger partial charge in [-0.25, -0.2) is 0 Å². The zero-order valence-electron chi connectivity index (χ0n) is 21.1. The van der Waals surface area contributed by atoms with Gasteiger partial charge in [-0.05, 0) is 74.4 Å². The fourth-order valence-corrected chi connectivity index (χ4v) is 5.46. The maximum Gasteiger partial charge on any atom is 0.247 e. The Balaban J connectivity index is 1.69. The molecule has 0 saturated carbocycles. The molecular formula is C28H39N3O3. The molecule has 184 valence electrons. The van der Waals surface area contributed by atoms with Crippen LogP contribution in [0.3, 0.4) is 0 Å². The first-order valence-electron chi connectivity index (χ1n) is 12.5. The van der Waals surface area contributed by atoms with Crippen molar-refractivity contribution in [2.75, 3.05) is 25.6 Å². The Morgan fingerprint density at radius 1 is 1.29 bits per heavy atom. The second-order valence-corrected chi connectivity index (χ2v) is 10.7. The van der Waals surface area contributed by atoms with Crippen molar-refractivity contribution in [1.82, 2.24) is 5.32 Å². The molecular weight excluding hydrogens is 426 g/mol. The van der Waals surface area contributed by atoms with Crippen molar-refractivity contribution in [1.29, 1.82) is 0 Å². The van der Waals surface area contributed by atoms with E-state index in [-0.39, 0.29) is 23.5 Å². The summed E-state index contributed by atoms with van der Waals surface area (Å²) in [6, 6.07) is 6.22. The highest BCUT2D eigenvalue weighted by Crippen LogP contribution is 2.44. The average Bonchev–Trinajstić information content (AvgIpc) is 3.34. The maximum atomic E-state index is 13.1. The third kappa shape index (κ3) is 4.98. The van der Waals surface area contributed by atoms with Crippen LogP contribution in [0.5, 0.6) is 0 Å². The van der Waals surface area contributed by atoms with E-state index in [0.717, 1.165) is 62.3 Å². The Labute approximate surface area is 203 Å². The molecule has 4 rings (SSSR count). The minimum absolute atomic E-state index is 0.0494. The van der Waals surface area contributed by atoms with Crippen molar-refractivity contribution in [3.05, 3.63) is 47.3 Å². The Hall–Kier alpha value is -2.44. The van der Waals surface area contributed by atoms with Gasteiger partial charge in [0.25, 0.3) is 0 Å². The van der Waals surface area contributed by atoms with Crippen LogP contribution in [0, 0.1) is 5.41 Å². The summed E-state index contributed by atoms with van der Waals surface area (Å²) in [6.45, 7) is 11.8. The van der Waals surface area contributed by atoms with E-state index in [0.29, 0.717) is 11.8 Å². The van der Waals surface area contributed by atoms with E-state index in [1.165, 1.54) is 11.1 Å². The lowest BCUT2D eigenvalue weighted by Gasteiger charge is -2.42. The van der Waals surface area contributed by atoms with Crippen LogP contribution < -0.4 is 10.6 Å². The van der Waals surface area contributed by atoms with Crippen LogP contribution in [0.1, 0.15) is 70.4 Å². The largest absolute Gasteiger partial charge is 0.381 e. The Morgan fingerprint density at radius 2 is 2.06 bits per heavy atom. The molecule has 0 aromatic heterocycles. The highest BCUT2D eigenvalue weighted by molar-refractivity contribution is 5.98. The molecule has 0 spiro atoms. The van der Waals surface area contributed by atoms with Crippen LogP contribution in [-0.4, -0.2) is 45.1 Å². The molecule has 2 aliphatic heterocycles. The van der Waals surface area contributed by atoms with E-state index in [1.54, 1.807) is 13.3 Å². The summed E-state index contributed by atoms with van der Waals surface area (Å²) in [5.41, 5.74) is 5.60. The molecule has 2 atom stereocenters. The lowest BCUT2D eigenvalue weighted by atomic mass is 9.69. The molecule has 0 radical (unpaired) electrons. The van der Waals surface area contributed by atoms with E-state index in [9.17, 15) is 4.79 Å². The van der Waals surface area contributed by atoms with E-state index in [4.69, 9.17) is 9.47 Å². The number of rotatable bonds is 7. The summed E-state index contributed by atoms with van der Waals surface area (Å²) in [5.74, 6) is -0.0494. The number of benzene rings is 1. The average molecular weight is 466 g/mol. The fraction of sp³-hybridized carbons (Fsp3) is 0.571. The summed E-state index contributed by atoms with van der Waals surface area (Å²) in [4.78, 5) is 17.1. The molecule has 2 N–H and O–H groups in total. The highest BCUT2D eigenvalue weighted by Gasteiger charge is 2.40. The van der Waals surface area contributed by atoms with Crippen molar-refractivity contribution in [2.24, 2.45) is 10.4 Å². The van der Waals surface area contributed by atoms with Crippen molar-refractivity contribution < 1.29 is 14.3 Å². The Bertz CT molecular complexity index is 989. The quantitative estimate of drug-likeness (QED) is 0.543. The minimum Gasteiger partial charge on any atom is -0.381 e. The number of methoxy groups -OCH3 is 1. The molecule has 1 unspecified atom stereocenters. The third-order valence-electron chi connectivity index (χ3n) is 8.07. The van der Waals surface area contributed by atoms with Crippen molar-refractivity contribution in [3.63, 3.8) is 0 Å². The molecule has 3 aliphatic rings. The molecule has 6 heteroatoms. The lowest BCUT2D eigenvalue weighted by molar-refractivity contribution is -0.117. The SMILES string of the molecule is C=NC1=CN[C@H](C(=O)Nc2ccc(C3(C(C)OC)CCOCC3)cc2C2=CCC(C)(C)CC2)C1. The maximum absolute atomic E-state index is 13.1. The van der Waals surface area contributed by atoms with Crippen LogP contribution in [-0.2, 0) is 19.7 Å². The molecule has 1 amide bonds. The number of hydrogen-bond donors (Lipinski definition) is 2. The van der Waals surface area contributed by atoms with Crippen LogP contribution in [0.2, 0.25) is 0 Å². The van der Waals surface area contributed by atoms with Crippen molar-refractivity contribution in [2.45, 2.75) is 76.9 Å². The molecule has 1 aromatic rings.